The molecule has 3 heterocycles. The molecule has 152 valence electrons. The summed E-state index contributed by atoms with van der Waals surface area (Å²) < 4.78 is 19.8. The Morgan fingerprint density at radius 1 is 1.17 bits per heavy atom. The zero-order chi connectivity index (χ0) is 20.8. The van der Waals surface area contributed by atoms with Crippen molar-refractivity contribution in [1.82, 2.24) is 14.4 Å². The Morgan fingerprint density at radius 2 is 1.90 bits per heavy atom. The molecule has 2 saturated heterocycles. The summed E-state index contributed by atoms with van der Waals surface area (Å²) in [6.45, 7) is 4.93. The van der Waals surface area contributed by atoms with Crippen LogP contribution in [0.5, 0.6) is 0 Å². The van der Waals surface area contributed by atoms with Gasteiger partial charge in [-0.05, 0) is 49.2 Å². The van der Waals surface area contributed by atoms with Crippen molar-refractivity contribution in [3.63, 3.8) is 0 Å². The van der Waals surface area contributed by atoms with Gasteiger partial charge in [-0.25, -0.2) is 9.18 Å². The molecular formula is C21H22FN3O4. The number of carbonyl (C=O) groups excluding carboxylic acids is 2. The van der Waals surface area contributed by atoms with E-state index in [1.54, 1.807) is 29.0 Å². The first-order valence-electron chi connectivity index (χ1n) is 9.58. The number of rotatable bonds is 3. The fourth-order valence-electron chi connectivity index (χ4n) is 4.09. The molecule has 1 atom stereocenters. The molecule has 8 heteroatoms. The molecule has 2 aliphatic rings. The van der Waals surface area contributed by atoms with E-state index in [0.29, 0.717) is 37.3 Å². The van der Waals surface area contributed by atoms with Gasteiger partial charge in [0.1, 0.15) is 18.0 Å². The maximum absolute atomic E-state index is 13.3. The van der Waals surface area contributed by atoms with E-state index in [1.165, 1.54) is 28.8 Å². The zero-order valence-electron chi connectivity index (χ0n) is 16.4. The van der Waals surface area contributed by atoms with Gasteiger partial charge in [0, 0.05) is 31.5 Å². The van der Waals surface area contributed by atoms with Crippen molar-refractivity contribution in [2.45, 2.75) is 25.8 Å². The summed E-state index contributed by atoms with van der Waals surface area (Å²) in [5.74, 6) is -0.767. The second kappa shape index (κ2) is 7.02. The van der Waals surface area contributed by atoms with Crippen LogP contribution >= 0.6 is 0 Å². The summed E-state index contributed by atoms with van der Waals surface area (Å²) in [4.78, 5) is 41.7. The molecule has 1 aromatic carbocycles. The number of aryl methyl sites for hydroxylation is 1. The van der Waals surface area contributed by atoms with Gasteiger partial charge in [-0.1, -0.05) is 6.92 Å². The summed E-state index contributed by atoms with van der Waals surface area (Å²) >= 11 is 0. The van der Waals surface area contributed by atoms with E-state index in [2.05, 4.69) is 0 Å². The molecule has 0 bridgehead atoms. The quantitative estimate of drug-likeness (QED) is 0.794. The molecule has 0 saturated carbocycles. The van der Waals surface area contributed by atoms with Gasteiger partial charge < -0.3 is 9.64 Å². The maximum Gasteiger partial charge on any atom is 0.410 e. The highest BCUT2D eigenvalue weighted by Gasteiger charge is 2.50. The Labute approximate surface area is 167 Å². The van der Waals surface area contributed by atoms with Crippen molar-refractivity contribution in [3.05, 3.63) is 63.8 Å². The summed E-state index contributed by atoms with van der Waals surface area (Å²) in [6, 6.07) is 7.22. The van der Waals surface area contributed by atoms with Crippen LogP contribution in [0.4, 0.5) is 9.18 Å². The number of amides is 2. The molecule has 1 unspecified atom stereocenters. The summed E-state index contributed by atoms with van der Waals surface area (Å²) in [7, 11) is 0. The van der Waals surface area contributed by atoms with Crippen LogP contribution in [0.15, 0.2) is 41.3 Å². The van der Waals surface area contributed by atoms with Crippen LogP contribution in [-0.2, 0) is 4.74 Å². The maximum atomic E-state index is 13.3. The minimum absolute atomic E-state index is 0.0850. The van der Waals surface area contributed by atoms with Crippen LogP contribution < -0.4 is 5.56 Å². The molecule has 4 rings (SSSR count). The average molecular weight is 399 g/mol. The van der Waals surface area contributed by atoms with Crippen LogP contribution in [0.25, 0.3) is 5.69 Å². The third-order valence-electron chi connectivity index (χ3n) is 5.90. The van der Waals surface area contributed by atoms with E-state index < -0.39 is 16.9 Å². The smallest absolute Gasteiger partial charge is 0.410 e. The Morgan fingerprint density at radius 3 is 2.59 bits per heavy atom. The molecule has 0 spiro atoms. The normalized spacial score (nSPS) is 21.1. The molecule has 0 N–H and O–H groups in total. The molecule has 7 nitrogen and oxygen atoms in total. The highest BCUT2D eigenvalue weighted by molar-refractivity contribution is 5.95. The molecule has 2 aromatic rings. The fraction of sp³-hybridized carbons (Fsp3) is 0.381. The Hall–Kier alpha value is -3.16. The number of halogens is 1. The van der Waals surface area contributed by atoms with Crippen molar-refractivity contribution in [3.8, 4) is 5.69 Å². The van der Waals surface area contributed by atoms with Gasteiger partial charge in [0.05, 0.1) is 5.54 Å². The standard InChI is InChI=1S/C21H22FN3O4/c1-3-21-12-23(10-11-25(21)20(28)29-13-21)18(26)17-14(2)8-9-24(19(17)27)16-6-4-15(22)5-7-16/h4-9H,3,10-13H2,1-2H3. The van der Waals surface area contributed by atoms with Gasteiger partial charge >= 0.3 is 6.09 Å². The van der Waals surface area contributed by atoms with Crippen LogP contribution in [0, 0.1) is 12.7 Å². The lowest BCUT2D eigenvalue weighted by molar-refractivity contribution is 0.0359. The van der Waals surface area contributed by atoms with Crippen LogP contribution in [0.3, 0.4) is 0 Å². The van der Waals surface area contributed by atoms with E-state index >= 15 is 0 Å². The first-order valence-corrected chi connectivity index (χ1v) is 9.58. The summed E-state index contributed by atoms with van der Waals surface area (Å²) in [6.07, 6.45) is 1.88. The SMILES string of the molecule is CCC12COC(=O)N1CCN(C(=O)c1c(C)ccn(-c3ccc(F)cc3)c1=O)C2. The van der Waals surface area contributed by atoms with Crippen molar-refractivity contribution < 1.29 is 18.7 Å². The van der Waals surface area contributed by atoms with Crippen molar-refractivity contribution in [1.29, 1.82) is 0 Å². The Bertz CT molecular complexity index is 1030. The average Bonchev–Trinajstić information content (AvgIpc) is 3.05. The number of hydrogen-bond donors (Lipinski definition) is 0. The van der Waals surface area contributed by atoms with E-state index in [9.17, 15) is 18.8 Å². The third kappa shape index (κ3) is 3.08. The third-order valence-corrected chi connectivity index (χ3v) is 5.90. The van der Waals surface area contributed by atoms with Crippen molar-refractivity contribution in [2.24, 2.45) is 0 Å². The molecule has 2 amide bonds. The lowest BCUT2D eigenvalue weighted by atomic mass is 9.92. The van der Waals surface area contributed by atoms with Crippen molar-refractivity contribution >= 4 is 12.0 Å². The fourth-order valence-corrected chi connectivity index (χ4v) is 4.09. The van der Waals surface area contributed by atoms with Crippen molar-refractivity contribution in [2.75, 3.05) is 26.2 Å². The Balaban J connectivity index is 1.69. The lowest BCUT2D eigenvalue weighted by Crippen LogP contribution is -2.62. The largest absolute Gasteiger partial charge is 0.447 e. The number of aromatic nitrogens is 1. The van der Waals surface area contributed by atoms with Crippen LogP contribution in [0.2, 0.25) is 0 Å². The van der Waals surface area contributed by atoms with E-state index in [1.807, 2.05) is 6.92 Å². The summed E-state index contributed by atoms with van der Waals surface area (Å²) in [5, 5.41) is 0. The first-order chi connectivity index (χ1) is 13.9. The molecule has 2 aliphatic heterocycles. The Kier molecular flexibility index (Phi) is 4.64. The number of nitrogens with zero attached hydrogens (tertiary/aromatic N) is 3. The van der Waals surface area contributed by atoms with Gasteiger partial charge in [0.15, 0.2) is 0 Å². The number of fused-ring (bicyclic) bond motifs is 1. The number of piperazine rings is 1. The highest BCUT2D eigenvalue weighted by Crippen LogP contribution is 2.32. The zero-order valence-corrected chi connectivity index (χ0v) is 16.4. The van der Waals surface area contributed by atoms with Gasteiger partial charge in [-0.3, -0.25) is 19.1 Å². The highest BCUT2D eigenvalue weighted by atomic mass is 19.1. The number of pyridine rings is 1. The van der Waals surface area contributed by atoms with Gasteiger partial charge in [-0.15, -0.1) is 0 Å². The number of carbonyl (C=O) groups is 2. The number of hydrogen-bond acceptors (Lipinski definition) is 4. The van der Waals surface area contributed by atoms with E-state index in [4.69, 9.17) is 4.74 Å². The van der Waals surface area contributed by atoms with E-state index in [0.717, 1.165) is 0 Å². The predicted octanol–water partition coefficient (Wildman–Crippen LogP) is 2.34. The van der Waals surface area contributed by atoms with Gasteiger partial charge in [0.2, 0.25) is 0 Å². The number of cyclic esters (lactones) is 1. The minimum Gasteiger partial charge on any atom is -0.447 e. The topological polar surface area (TPSA) is 71.8 Å². The second-order valence-corrected chi connectivity index (χ2v) is 7.54. The molecular weight excluding hydrogens is 377 g/mol. The second-order valence-electron chi connectivity index (χ2n) is 7.54. The van der Waals surface area contributed by atoms with E-state index in [-0.39, 0.29) is 24.2 Å². The molecule has 0 aliphatic carbocycles. The lowest BCUT2D eigenvalue weighted by Gasteiger charge is -2.44. The predicted molar refractivity (Wildman–Crippen MR) is 104 cm³/mol. The van der Waals surface area contributed by atoms with Gasteiger partial charge in [-0.2, -0.15) is 0 Å². The number of benzene rings is 1. The number of ether oxygens (including phenoxy) is 1. The van der Waals surface area contributed by atoms with Crippen LogP contribution in [0.1, 0.15) is 29.3 Å². The monoisotopic (exact) mass is 399 g/mol. The summed E-state index contributed by atoms with van der Waals surface area (Å²) in [5.41, 5.74) is 0.138. The molecule has 2 fully saturated rings. The van der Waals surface area contributed by atoms with Gasteiger partial charge in [0.25, 0.3) is 11.5 Å². The first kappa shape index (κ1) is 19.2. The molecule has 0 radical (unpaired) electrons. The molecule has 1 aromatic heterocycles. The van der Waals surface area contributed by atoms with Crippen LogP contribution in [-0.4, -0.2) is 58.1 Å². The molecule has 29 heavy (non-hydrogen) atoms. The minimum atomic E-state index is -0.552.